The van der Waals surface area contributed by atoms with Crippen LogP contribution < -0.4 is 5.63 Å². The fourth-order valence-electron chi connectivity index (χ4n) is 0.951. The van der Waals surface area contributed by atoms with Gasteiger partial charge in [-0.2, -0.15) is 0 Å². The molecule has 0 amide bonds. The summed E-state index contributed by atoms with van der Waals surface area (Å²) < 4.78 is 22.4. The van der Waals surface area contributed by atoms with Crippen molar-refractivity contribution in [2.75, 3.05) is 6.61 Å². The molecule has 0 aliphatic heterocycles. The van der Waals surface area contributed by atoms with Crippen LogP contribution in [0.3, 0.4) is 0 Å². The summed E-state index contributed by atoms with van der Waals surface area (Å²) in [4.78, 5) is 22.1. The van der Waals surface area contributed by atoms with E-state index < -0.39 is 23.2 Å². The topological polar surface area (TPSA) is 56.5 Å². The molecule has 0 aliphatic carbocycles. The fourth-order valence-corrected chi connectivity index (χ4v) is 1.36. The molecule has 0 N–H and O–H groups in total. The number of hydrogen-bond acceptors (Lipinski definition) is 4. The lowest BCUT2D eigenvalue weighted by atomic mass is 10.2. The van der Waals surface area contributed by atoms with Gasteiger partial charge in [-0.1, -0.05) is 15.9 Å². The van der Waals surface area contributed by atoms with Gasteiger partial charge in [0, 0.05) is 17.0 Å². The Kier molecular flexibility index (Phi) is 4.02. The molecule has 0 saturated carbocycles. The van der Waals surface area contributed by atoms with Gasteiger partial charge in [-0.05, 0) is 6.92 Å². The minimum Gasteiger partial charge on any atom is -0.460 e. The number of esters is 1. The van der Waals surface area contributed by atoms with Crippen LogP contribution in [-0.2, 0) is 10.1 Å². The van der Waals surface area contributed by atoms with Gasteiger partial charge in [0.2, 0.25) is 0 Å². The van der Waals surface area contributed by atoms with Crippen molar-refractivity contribution in [2.45, 2.75) is 12.3 Å². The van der Waals surface area contributed by atoms with E-state index >= 15 is 0 Å². The van der Waals surface area contributed by atoms with Gasteiger partial charge in [0.05, 0.1) is 6.61 Å². The quantitative estimate of drug-likeness (QED) is 0.626. The van der Waals surface area contributed by atoms with Gasteiger partial charge in [0.1, 0.15) is 0 Å². The molecular formula is C9H8BrFO4. The third kappa shape index (κ3) is 2.65. The molecule has 0 radical (unpaired) electrons. The average Bonchev–Trinajstić information content (AvgIpc) is 2.21. The number of carbonyl (C=O) groups is 1. The first kappa shape index (κ1) is 11.9. The summed E-state index contributed by atoms with van der Waals surface area (Å²) in [6.07, 6.45) is 0. The van der Waals surface area contributed by atoms with Gasteiger partial charge in [-0.3, -0.25) is 0 Å². The number of halogens is 2. The zero-order valence-corrected chi connectivity index (χ0v) is 9.47. The van der Waals surface area contributed by atoms with Gasteiger partial charge in [-0.25, -0.2) is 14.0 Å². The molecule has 0 fully saturated rings. The Bertz CT molecular complexity index is 427. The molecule has 0 spiro atoms. The number of alkyl halides is 1. The van der Waals surface area contributed by atoms with Crippen LogP contribution in [-0.4, -0.2) is 12.6 Å². The SMILES string of the molecule is CCOC(=O)c1oc(=O)cc(CBr)c1F. The van der Waals surface area contributed by atoms with Crippen molar-refractivity contribution in [3.05, 3.63) is 33.6 Å². The maximum atomic E-state index is 13.5. The average molecular weight is 279 g/mol. The summed E-state index contributed by atoms with van der Waals surface area (Å²) >= 11 is 2.99. The highest BCUT2D eigenvalue weighted by molar-refractivity contribution is 9.08. The zero-order valence-electron chi connectivity index (χ0n) is 7.88. The van der Waals surface area contributed by atoms with Crippen molar-refractivity contribution in [3.63, 3.8) is 0 Å². The lowest BCUT2D eigenvalue weighted by Crippen LogP contribution is -2.13. The molecular weight excluding hydrogens is 271 g/mol. The Labute approximate surface area is 93.2 Å². The Morgan fingerprint density at radius 2 is 2.33 bits per heavy atom. The minimum atomic E-state index is -0.977. The molecule has 1 aromatic heterocycles. The van der Waals surface area contributed by atoms with Gasteiger partial charge < -0.3 is 9.15 Å². The van der Waals surface area contributed by atoms with Crippen molar-refractivity contribution in [1.82, 2.24) is 0 Å². The van der Waals surface area contributed by atoms with E-state index in [0.717, 1.165) is 6.07 Å². The summed E-state index contributed by atoms with van der Waals surface area (Å²) in [6, 6.07) is 0.979. The summed E-state index contributed by atoms with van der Waals surface area (Å²) in [5.41, 5.74) is -0.719. The van der Waals surface area contributed by atoms with Crippen LogP contribution in [0.15, 0.2) is 15.3 Å². The van der Waals surface area contributed by atoms with E-state index in [4.69, 9.17) is 0 Å². The van der Waals surface area contributed by atoms with Crippen molar-refractivity contribution >= 4 is 21.9 Å². The van der Waals surface area contributed by atoms with Gasteiger partial charge >= 0.3 is 11.6 Å². The van der Waals surface area contributed by atoms with Crippen molar-refractivity contribution in [2.24, 2.45) is 0 Å². The van der Waals surface area contributed by atoms with E-state index in [2.05, 4.69) is 25.1 Å². The standard InChI is InChI=1S/C9H8BrFO4/c1-2-14-9(13)8-7(11)5(4-10)3-6(12)15-8/h3H,2,4H2,1H3. The maximum absolute atomic E-state index is 13.5. The zero-order chi connectivity index (χ0) is 11.4. The second kappa shape index (κ2) is 5.06. The Balaban J connectivity index is 3.23. The largest absolute Gasteiger partial charge is 0.460 e. The molecule has 0 unspecified atom stereocenters. The first-order valence-corrected chi connectivity index (χ1v) is 5.28. The Hall–Kier alpha value is -1.17. The molecule has 1 heterocycles. The summed E-state index contributed by atoms with van der Waals surface area (Å²) in [5.74, 6) is -2.53. The monoisotopic (exact) mass is 278 g/mol. The summed E-state index contributed by atoms with van der Waals surface area (Å²) in [5, 5.41) is 0.122. The molecule has 4 nitrogen and oxygen atoms in total. The lowest BCUT2D eigenvalue weighted by Gasteiger charge is -2.03. The molecule has 0 atom stereocenters. The van der Waals surface area contributed by atoms with E-state index in [9.17, 15) is 14.0 Å². The molecule has 82 valence electrons. The van der Waals surface area contributed by atoms with Gasteiger partial charge in [0.25, 0.3) is 5.76 Å². The fraction of sp³-hybridized carbons (Fsp3) is 0.333. The molecule has 0 aromatic carbocycles. The third-order valence-corrected chi connectivity index (χ3v) is 2.18. The van der Waals surface area contributed by atoms with E-state index in [0.29, 0.717) is 0 Å². The van der Waals surface area contributed by atoms with Crippen LogP contribution in [0.2, 0.25) is 0 Å². The van der Waals surface area contributed by atoms with E-state index in [-0.39, 0.29) is 17.5 Å². The predicted octanol–water partition coefficient (Wildman–Crippen LogP) is 1.85. The summed E-state index contributed by atoms with van der Waals surface area (Å²) in [7, 11) is 0. The van der Waals surface area contributed by atoms with E-state index in [1.165, 1.54) is 0 Å². The van der Waals surface area contributed by atoms with Crippen LogP contribution in [0.4, 0.5) is 4.39 Å². The number of hydrogen-bond donors (Lipinski definition) is 0. The smallest absolute Gasteiger partial charge is 0.377 e. The molecule has 6 heteroatoms. The molecule has 0 bridgehead atoms. The highest BCUT2D eigenvalue weighted by Crippen LogP contribution is 2.14. The highest BCUT2D eigenvalue weighted by atomic mass is 79.9. The van der Waals surface area contributed by atoms with Crippen molar-refractivity contribution in [1.29, 1.82) is 0 Å². The van der Waals surface area contributed by atoms with Crippen molar-refractivity contribution < 1.29 is 18.3 Å². The van der Waals surface area contributed by atoms with E-state index in [1.807, 2.05) is 0 Å². The Morgan fingerprint density at radius 1 is 1.67 bits per heavy atom. The normalized spacial score (nSPS) is 10.1. The van der Waals surface area contributed by atoms with Gasteiger partial charge in [0.15, 0.2) is 5.82 Å². The van der Waals surface area contributed by atoms with Crippen LogP contribution in [0.1, 0.15) is 23.0 Å². The number of rotatable bonds is 3. The molecule has 15 heavy (non-hydrogen) atoms. The molecule has 0 aliphatic rings. The third-order valence-electron chi connectivity index (χ3n) is 1.58. The molecule has 1 aromatic rings. The minimum absolute atomic E-state index is 0.0642. The number of ether oxygens (including phenoxy) is 1. The van der Waals surface area contributed by atoms with Gasteiger partial charge in [-0.15, -0.1) is 0 Å². The summed E-state index contributed by atoms with van der Waals surface area (Å²) in [6.45, 7) is 1.66. The first-order valence-electron chi connectivity index (χ1n) is 4.15. The first-order chi connectivity index (χ1) is 7.10. The molecule has 1 rings (SSSR count). The van der Waals surface area contributed by atoms with Crippen LogP contribution >= 0.6 is 15.9 Å². The molecule has 0 saturated heterocycles. The van der Waals surface area contributed by atoms with Crippen LogP contribution in [0, 0.1) is 5.82 Å². The van der Waals surface area contributed by atoms with Crippen LogP contribution in [0.25, 0.3) is 0 Å². The van der Waals surface area contributed by atoms with Crippen LogP contribution in [0.5, 0.6) is 0 Å². The van der Waals surface area contributed by atoms with E-state index in [1.54, 1.807) is 6.92 Å². The van der Waals surface area contributed by atoms with Crippen molar-refractivity contribution in [3.8, 4) is 0 Å². The highest BCUT2D eigenvalue weighted by Gasteiger charge is 2.20. The lowest BCUT2D eigenvalue weighted by molar-refractivity contribution is 0.0475. The maximum Gasteiger partial charge on any atom is 0.377 e. The number of carbonyl (C=O) groups excluding carboxylic acids is 1. The Morgan fingerprint density at radius 3 is 2.87 bits per heavy atom. The second-order valence-electron chi connectivity index (χ2n) is 2.59. The predicted molar refractivity (Wildman–Crippen MR) is 53.5 cm³/mol. The second-order valence-corrected chi connectivity index (χ2v) is 3.15.